The van der Waals surface area contributed by atoms with Gasteiger partial charge in [-0.15, -0.1) is 0 Å². The van der Waals surface area contributed by atoms with Crippen molar-refractivity contribution in [3.05, 3.63) is 23.8 Å². The summed E-state index contributed by atoms with van der Waals surface area (Å²) in [6.07, 6.45) is -0.379. The van der Waals surface area contributed by atoms with Gasteiger partial charge in [0.25, 0.3) is 0 Å². The fourth-order valence-electron chi connectivity index (χ4n) is 2.90. The van der Waals surface area contributed by atoms with Gasteiger partial charge in [-0.05, 0) is 46.8 Å². The molecule has 2 heterocycles. The highest BCUT2D eigenvalue weighted by molar-refractivity contribution is 5.87. The highest BCUT2D eigenvalue weighted by Gasteiger charge is 2.35. The van der Waals surface area contributed by atoms with Crippen LogP contribution in [0.5, 0.6) is 0 Å². The summed E-state index contributed by atoms with van der Waals surface area (Å²) < 4.78 is 24.4. The predicted molar refractivity (Wildman–Crippen MR) is 94.7 cm³/mol. The molecule has 1 aromatic rings. The molecule has 0 bridgehead atoms. The minimum atomic E-state index is -0.738. The van der Waals surface area contributed by atoms with Crippen molar-refractivity contribution < 1.29 is 23.5 Å². The molecule has 2 atom stereocenters. The summed E-state index contributed by atoms with van der Waals surface area (Å²) in [7, 11) is 1.22. The van der Waals surface area contributed by atoms with Crippen LogP contribution in [-0.2, 0) is 9.47 Å². The van der Waals surface area contributed by atoms with Gasteiger partial charge in [-0.1, -0.05) is 0 Å². The summed E-state index contributed by atoms with van der Waals surface area (Å²) in [4.78, 5) is 31.0. The van der Waals surface area contributed by atoms with Crippen molar-refractivity contribution in [3.63, 3.8) is 0 Å². The number of pyridine rings is 1. The van der Waals surface area contributed by atoms with Crippen molar-refractivity contribution in [2.75, 3.05) is 25.1 Å². The summed E-state index contributed by atoms with van der Waals surface area (Å²) in [5.74, 6) is -1.43. The van der Waals surface area contributed by atoms with Crippen LogP contribution < -0.4 is 4.90 Å². The average Bonchev–Trinajstić information content (AvgIpc) is 2.54. The second kappa shape index (κ2) is 7.47. The first-order valence-corrected chi connectivity index (χ1v) is 8.54. The van der Waals surface area contributed by atoms with Crippen LogP contribution in [0.3, 0.4) is 0 Å². The average molecular weight is 367 g/mol. The van der Waals surface area contributed by atoms with E-state index < -0.39 is 17.5 Å². The van der Waals surface area contributed by atoms with Gasteiger partial charge < -0.3 is 19.3 Å². The number of amides is 1. The van der Waals surface area contributed by atoms with Crippen LogP contribution in [0.25, 0.3) is 0 Å². The molecular weight excluding hydrogens is 341 g/mol. The number of ether oxygens (including phenoxy) is 2. The fraction of sp³-hybridized carbons (Fsp3) is 0.611. The number of hydrogen-bond acceptors (Lipinski definition) is 6. The molecule has 1 fully saturated rings. The number of piperazine rings is 1. The largest absolute Gasteiger partial charge is 0.464 e. The van der Waals surface area contributed by atoms with Gasteiger partial charge in [0.2, 0.25) is 5.95 Å². The molecule has 8 heteroatoms. The first-order valence-electron chi connectivity index (χ1n) is 8.54. The van der Waals surface area contributed by atoms with E-state index in [9.17, 15) is 14.0 Å². The molecule has 26 heavy (non-hydrogen) atoms. The predicted octanol–water partition coefficient (Wildman–Crippen LogP) is 2.84. The van der Waals surface area contributed by atoms with Crippen LogP contribution in [0.2, 0.25) is 0 Å². The number of esters is 1. The number of nitrogens with zero attached hydrogens (tertiary/aromatic N) is 3. The van der Waals surface area contributed by atoms with E-state index >= 15 is 0 Å². The van der Waals surface area contributed by atoms with Crippen molar-refractivity contribution in [3.8, 4) is 0 Å². The van der Waals surface area contributed by atoms with Gasteiger partial charge in [-0.25, -0.2) is 14.6 Å². The van der Waals surface area contributed by atoms with Crippen molar-refractivity contribution in [2.45, 2.75) is 52.3 Å². The fourth-order valence-corrected chi connectivity index (χ4v) is 2.90. The summed E-state index contributed by atoms with van der Waals surface area (Å²) in [5, 5.41) is 0. The molecule has 2 rings (SSSR count). The molecule has 0 aromatic carbocycles. The molecule has 0 aliphatic carbocycles. The molecule has 0 radical (unpaired) electrons. The van der Waals surface area contributed by atoms with Gasteiger partial charge in [0.15, 0.2) is 5.69 Å². The second-order valence-corrected chi connectivity index (χ2v) is 7.48. The van der Waals surface area contributed by atoms with Crippen LogP contribution in [0.1, 0.15) is 45.1 Å². The Morgan fingerprint density at radius 3 is 2.38 bits per heavy atom. The molecule has 0 unspecified atom stereocenters. The smallest absolute Gasteiger partial charge is 0.410 e. The number of carbonyl (C=O) groups excluding carboxylic acids is 2. The summed E-state index contributed by atoms with van der Waals surface area (Å²) >= 11 is 0. The molecule has 1 amide bonds. The standard InChI is InChI=1S/C18H26FN3O4/c1-11-10-22(17(24)26-18(3,4)5)12(2)9-21(11)14-8-7-13(16(23)25-6)20-15(14)19/h7-8,11-12H,9-10H2,1-6H3/t11-,12+/m1/s1. The van der Waals surface area contributed by atoms with E-state index in [-0.39, 0.29) is 23.9 Å². The topological polar surface area (TPSA) is 72.0 Å². The lowest BCUT2D eigenvalue weighted by Crippen LogP contribution is -2.59. The van der Waals surface area contributed by atoms with E-state index in [1.165, 1.54) is 19.2 Å². The lowest BCUT2D eigenvalue weighted by molar-refractivity contribution is 0.0129. The van der Waals surface area contributed by atoms with Gasteiger partial charge in [-0.2, -0.15) is 4.39 Å². The third kappa shape index (κ3) is 4.42. The maximum Gasteiger partial charge on any atom is 0.410 e. The normalized spacial score (nSPS) is 20.7. The van der Waals surface area contributed by atoms with Gasteiger partial charge >= 0.3 is 12.1 Å². The maximum atomic E-state index is 14.4. The van der Waals surface area contributed by atoms with E-state index in [1.807, 2.05) is 39.5 Å². The Balaban J connectivity index is 2.17. The zero-order chi connectivity index (χ0) is 19.6. The van der Waals surface area contributed by atoms with Gasteiger partial charge in [0.1, 0.15) is 5.60 Å². The molecule has 1 saturated heterocycles. The Morgan fingerprint density at radius 1 is 1.19 bits per heavy atom. The third-order valence-electron chi connectivity index (χ3n) is 4.15. The number of carbonyl (C=O) groups is 2. The first-order chi connectivity index (χ1) is 12.0. The number of hydrogen-bond donors (Lipinski definition) is 0. The Kier molecular flexibility index (Phi) is 5.73. The van der Waals surface area contributed by atoms with E-state index in [2.05, 4.69) is 9.72 Å². The number of rotatable bonds is 2. The summed E-state index contributed by atoms with van der Waals surface area (Å²) in [6, 6.07) is 2.64. The van der Waals surface area contributed by atoms with Crippen molar-refractivity contribution in [1.29, 1.82) is 0 Å². The van der Waals surface area contributed by atoms with Gasteiger partial charge in [0.05, 0.1) is 12.8 Å². The van der Waals surface area contributed by atoms with Crippen molar-refractivity contribution >= 4 is 17.7 Å². The van der Waals surface area contributed by atoms with Crippen LogP contribution in [0, 0.1) is 5.95 Å². The maximum absolute atomic E-state index is 14.4. The highest BCUT2D eigenvalue weighted by atomic mass is 19.1. The first kappa shape index (κ1) is 19.9. The van der Waals surface area contributed by atoms with Crippen molar-refractivity contribution in [2.24, 2.45) is 0 Å². The Bertz CT molecular complexity index is 690. The third-order valence-corrected chi connectivity index (χ3v) is 4.15. The monoisotopic (exact) mass is 367 g/mol. The van der Waals surface area contributed by atoms with Crippen LogP contribution in [0.4, 0.5) is 14.9 Å². The molecule has 1 aliphatic heterocycles. The van der Waals surface area contributed by atoms with Crippen LogP contribution in [-0.4, -0.2) is 59.8 Å². The van der Waals surface area contributed by atoms with Crippen molar-refractivity contribution in [1.82, 2.24) is 9.88 Å². The molecular formula is C18H26FN3O4. The summed E-state index contributed by atoms with van der Waals surface area (Å²) in [5.41, 5.74) is -0.362. The van der Waals surface area contributed by atoms with Crippen LogP contribution in [0.15, 0.2) is 12.1 Å². The SMILES string of the molecule is COC(=O)c1ccc(N2C[C@H](C)N(C(=O)OC(C)(C)C)C[C@H]2C)c(F)n1. The lowest BCUT2D eigenvalue weighted by atomic mass is 10.1. The van der Waals surface area contributed by atoms with E-state index in [1.54, 1.807) is 4.90 Å². The minimum Gasteiger partial charge on any atom is -0.464 e. The Morgan fingerprint density at radius 2 is 1.85 bits per heavy atom. The van der Waals surface area contributed by atoms with Gasteiger partial charge in [-0.3, -0.25) is 0 Å². The molecule has 0 spiro atoms. The molecule has 7 nitrogen and oxygen atoms in total. The molecule has 1 aromatic heterocycles. The van der Waals surface area contributed by atoms with Gasteiger partial charge in [0, 0.05) is 25.2 Å². The zero-order valence-corrected chi connectivity index (χ0v) is 16.1. The Labute approximate surface area is 153 Å². The summed E-state index contributed by atoms with van der Waals surface area (Å²) in [6.45, 7) is 10.1. The highest BCUT2D eigenvalue weighted by Crippen LogP contribution is 2.26. The quantitative estimate of drug-likeness (QED) is 0.591. The zero-order valence-electron chi connectivity index (χ0n) is 16.1. The minimum absolute atomic E-state index is 0.0816. The number of anilines is 1. The second-order valence-electron chi connectivity index (χ2n) is 7.48. The Hall–Kier alpha value is -2.38. The van der Waals surface area contributed by atoms with E-state index in [0.717, 1.165) is 0 Å². The number of aromatic nitrogens is 1. The lowest BCUT2D eigenvalue weighted by Gasteiger charge is -2.45. The molecule has 0 N–H and O–H groups in total. The number of methoxy groups -OCH3 is 1. The molecule has 0 saturated carbocycles. The van der Waals surface area contributed by atoms with Crippen LogP contribution >= 0.6 is 0 Å². The molecule has 1 aliphatic rings. The number of halogens is 1. The molecule has 144 valence electrons. The van der Waals surface area contributed by atoms with E-state index in [4.69, 9.17) is 4.74 Å². The van der Waals surface area contributed by atoms with E-state index in [0.29, 0.717) is 18.8 Å².